The van der Waals surface area contributed by atoms with Crippen LogP contribution in [0.4, 0.5) is 0 Å². The first-order chi connectivity index (χ1) is 16.3. The number of carbonyl (C=O) groups excluding carboxylic acids is 3. The van der Waals surface area contributed by atoms with E-state index in [4.69, 9.17) is 0 Å². The smallest absolute Gasteiger partial charge is 0.163 e. The highest BCUT2D eigenvalue weighted by Gasteiger charge is 2.36. The van der Waals surface area contributed by atoms with Crippen LogP contribution in [0.2, 0.25) is 0 Å². The third-order valence-electron chi connectivity index (χ3n) is 8.95. The fourth-order valence-corrected chi connectivity index (χ4v) is 7.08. The summed E-state index contributed by atoms with van der Waals surface area (Å²) >= 11 is 0. The lowest BCUT2D eigenvalue weighted by Crippen LogP contribution is -2.31. The van der Waals surface area contributed by atoms with Gasteiger partial charge in [0, 0.05) is 24.3 Å². The molecule has 0 bridgehead atoms. The van der Waals surface area contributed by atoms with Gasteiger partial charge in [0.1, 0.15) is 11.6 Å². The maximum absolute atomic E-state index is 13.4. The lowest BCUT2D eigenvalue weighted by atomic mass is 9.68. The summed E-state index contributed by atoms with van der Waals surface area (Å²) in [6.45, 7) is 8.50. The van der Waals surface area contributed by atoms with E-state index in [0.29, 0.717) is 18.8 Å². The Morgan fingerprint density at radius 2 is 1.79 bits per heavy atom. The van der Waals surface area contributed by atoms with Crippen LogP contribution in [-0.2, 0) is 16.0 Å². The highest BCUT2D eigenvalue weighted by Crippen LogP contribution is 2.43. The van der Waals surface area contributed by atoms with Crippen LogP contribution in [0.3, 0.4) is 0 Å². The number of Topliss-reactive ketones (excluding diaryl/α,β-unsaturated/α-hetero) is 3. The molecule has 0 saturated heterocycles. The van der Waals surface area contributed by atoms with Gasteiger partial charge in [0.25, 0.3) is 0 Å². The third kappa shape index (κ3) is 6.46. The highest BCUT2D eigenvalue weighted by molar-refractivity contribution is 6.01. The van der Waals surface area contributed by atoms with Crippen LogP contribution in [0.5, 0.6) is 0 Å². The number of aryl methyl sites for hydroxylation is 1. The molecule has 3 heteroatoms. The molecule has 0 heterocycles. The maximum Gasteiger partial charge on any atom is 0.163 e. The zero-order valence-corrected chi connectivity index (χ0v) is 22.1. The van der Waals surface area contributed by atoms with Crippen molar-refractivity contribution in [3.8, 4) is 0 Å². The molecule has 0 N–H and O–H groups in total. The van der Waals surface area contributed by atoms with Gasteiger partial charge < -0.3 is 0 Å². The molecule has 34 heavy (non-hydrogen) atoms. The Morgan fingerprint density at radius 3 is 2.44 bits per heavy atom. The summed E-state index contributed by atoms with van der Waals surface area (Å²) in [5, 5.41) is 0. The Labute approximate surface area is 207 Å². The number of fused-ring (bicyclic) bond motifs is 1. The Bertz CT molecular complexity index is 861. The monoisotopic (exact) mass is 466 g/mol. The van der Waals surface area contributed by atoms with Gasteiger partial charge in [-0.05, 0) is 67.4 Å². The van der Waals surface area contributed by atoms with Crippen molar-refractivity contribution in [1.82, 2.24) is 0 Å². The van der Waals surface area contributed by atoms with Gasteiger partial charge in [-0.2, -0.15) is 0 Å². The Morgan fingerprint density at radius 1 is 1.06 bits per heavy atom. The van der Waals surface area contributed by atoms with E-state index >= 15 is 0 Å². The van der Waals surface area contributed by atoms with E-state index in [1.807, 2.05) is 19.1 Å². The number of benzene rings is 1. The van der Waals surface area contributed by atoms with Gasteiger partial charge in [-0.1, -0.05) is 77.5 Å². The average Bonchev–Trinajstić information content (AvgIpc) is 2.80. The molecule has 1 aromatic rings. The largest absolute Gasteiger partial charge is 0.299 e. The summed E-state index contributed by atoms with van der Waals surface area (Å²) in [5.41, 5.74) is 3.30. The third-order valence-corrected chi connectivity index (χ3v) is 8.95. The quantitative estimate of drug-likeness (QED) is 0.295. The van der Waals surface area contributed by atoms with Crippen LogP contribution >= 0.6 is 0 Å². The molecule has 3 atom stereocenters. The lowest BCUT2D eigenvalue weighted by Gasteiger charge is -2.36. The number of hydrogen-bond acceptors (Lipinski definition) is 3. The molecule has 3 rings (SSSR count). The van der Waals surface area contributed by atoms with Gasteiger partial charge in [0.2, 0.25) is 0 Å². The van der Waals surface area contributed by atoms with Crippen molar-refractivity contribution in [3.05, 3.63) is 34.9 Å². The summed E-state index contributed by atoms with van der Waals surface area (Å²) in [6, 6.07) is 6.17. The fourth-order valence-electron chi connectivity index (χ4n) is 7.08. The first kappa shape index (κ1) is 26.8. The van der Waals surface area contributed by atoms with Gasteiger partial charge in [0.15, 0.2) is 5.78 Å². The molecule has 0 spiro atoms. The van der Waals surface area contributed by atoms with Crippen molar-refractivity contribution in [2.24, 2.45) is 23.2 Å². The molecular formula is C31H46O3. The predicted octanol–water partition coefficient (Wildman–Crippen LogP) is 7.85. The van der Waals surface area contributed by atoms with Crippen molar-refractivity contribution in [2.75, 3.05) is 0 Å². The summed E-state index contributed by atoms with van der Waals surface area (Å²) in [7, 11) is 0. The SMILES string of the molecule is CCCC(CC1CC(=O)c2c(C)cccc2C1)C(CC)C(=O)CC(=O)CC1(CC)CCCCC1. The van der Waals surface area contributed by atoms with Crippen molar-refractivity contribution < 1.29 is 14.4 Å². The van der Waals surface area contributed by atoms with Crippen LogP contribution in [0.25, 0.3) is 0 Å². The molecule has 0 aromatic heterocycles. The molecule has 0 radical (unpaired) electrons. The minimum atomic E-state index is -0.0677. The average molecular weight is 467 g/mol. The van der Waals surface area contributed by atoms with Crippen LogP contribution in [-0.4, -0.2) is 17.3 Å². The molecule has 0 amide bonds. The van der Waals surface area contributed by atoms with Gasteiger partial charge in [-0.25, -0.2) is 0 Å². The van der Waals surface area contributed by atoms with E-state index in [-0.39, 0.29) is 41.0 Å². The van der Waals surface area contributed by atoms with Crippen LogP contribution < -0.4 is 0 Å². The summed E-state index contributed by atoms with van der Waals surface area (Å²) in [5.74, 6) is 1.04. The lowest BCUT2D eigenvalue weighted by molar-refractivity contribution is -0.132. The summed E-state index contributed by atoms with van der Waals surface area (Å²) < 4.78 is 0. The zero-order chi connectivity index (χ0) is 24.7. The molecular weight excluding hydrogens is 420 g/mol. The molecule has 1 aromatic carbocycles. The number of ketones is 3. The molecule has 188 valence electrons. The Kier molecular flexibility index (Phi) is 9.68. The van der Waals surface area contributed by atoms with Gasteiger partial charge in [0.05, 0.1) is 6.42 Å². The molecule has 2 aliphatic carbocycles. The van der Waals surface area contributed by atoms with E-state index in [0.717, 1.165) is 62.5 Å². The second kappa shape index (κ2) is 12.3. The van der Waals surface area contributed by atoms with E-state index in [1.54, 1.807) is 0 Å². The van der Waals surface area contributed by atoms with Crippen molar-refractivity contribution >= 4 is 17.3 Å². The van der Waals surface area contributed by atoms with Crippen molar-refractivity contribution in [2.45, 2.75) is 118 Å². The number of rotatable bonds is 12. The van der Waals surface area contributed by atoms with Gasteiger partial charge >= 0.3 is 0 Å². The predicted molar refractivity (Wildman–Crippen MR) is 139 cm³/mol. The van der Waals surface area contributed by atoms with Gasteiger partial charge in [-0.15, -0.1) is 0 Å². The topological polar surface area (TPSA) is 51.2 Å². The summed E-state index contributed by atoms with van der Waals surface area (Å²) in [6.07, 6.45) is 12.9. The van der Waals surface area contributed by atoms with Gasteiger partial charge in [-0.3, -0.25) is 14.4 Å². The number of carbonyl (C=O) groups is 3. The normalized spacial score (nSPS) is 21.5. The van der Waals surface area contributed by atoms with E-state index in [9.17, 15) is 14.4 Å². The molecule has 0 aliphatic heterocycles. The van der Waals surface area contributed by atoms with E-state index in [2.05, 4.69) is 26.8 Å². The molecule has 1 saturated carbocycles. The minimum absolute atomic E-state index is 0.0677. The van der Waals surface area contributed by atoms with Crippen LogP contribution in [0.1, 0.15) is 126 Å². The van der Waals surface area contributed by atoms with Crippen molar-refractivity contribution in [1.29, 1.82) is 0 Å². The summed E-state index contributed by atoms with van der Waals surface area (Å²) in [4.78, 5) is 39.3. The Hall–Kier alpha value is -1.77. The molecule has 3 unspecified atom stereocenters. The minimum Gasteiger partial charge on any atom is -0.299 e. The van der Waals surface area contributed by atoms with Crippen LogP contribution in [0, 0.1) is 30.1 Å². The second-order valence-electron chi connectivity index (χ2n) is 11.4. The molecule has 2 aliphatic rings. The maximum atomic E-state index is 13.4. The van der Waals surface area contributed by atoms with Crippen molar-refractivity contribution in [3.63, 3.8) is 0 Å². The van der Waals surface area contributed by atoms with E-state index in [1.165, 1.54) is 24.8 Å². The second-order valence-corrected chi connectivity index (χ2v) is 11.4. The standard InChI is InChI=1S/C31H46O3/c1-5-12-24(17-23-18-25-14-11-13-22(4)30(25)29(34)19-23)27(6-2)28(33)20-26(32)21-31(7-3)15-9-8-10-16-31/h11,13-14,23-24,27H,5-10,12,15-21H2,1-4H3. The number of hydrogen-bond donors (Lipinski definition) is 0. The highest BCUT2D eigenvalue weighted by atomic mass is 16.1. The Balaban J connectivity index is 1.65. The first-order valence-corrected chi connectivity index (χ1v) is 14.0. The zero-order valence-electron chi connectivity index (χ0n) is 22.1. The molecule has 3 nitrogen and oxygen atoms in total. The first-order valence-electron chi connectivity index (χ1n) is 14.0. The molecule has 1 fully saturated rings. The fraction of sp³-hybridized carbons (Fsp3) is 0.710. The van der Waals surface area contributed by atoms with E-state index < -0.39 is 0 Å². The van der Waals surface area contributed by atoms with Crippen LogP contribution in [0.15, 0.2) is 18.2 Å².